The van der Waals surface area contributed by atoms with Gasteiger partial charge in [0.2, 0.25) is 10.0 Å². The summed E-state index contributed by atoms with van der Waals surface area (Å²) in [4.78, 5) is 16.6. The number of aromatic nitrogens is 1. The SMILES string of the molecule is CC(C)(C)NS(=O)(=O)c1ccc2nc(NC(=O)C3CCCO3)sc2c1. The Bertz CT molecular complexity index is 894. The Kier molecular flexibility index (Phi) is 4.84. The number of ether oxygens (including phenoxy) is 1. The van der Waals surface area contributed by atoms with E-state index in [-0.39, 0.29) is 10.8 Å². The van der Waals surface area contributed by atoms with Crippen LogP contribution in [0.2, 0.25) is 0 Å². The average molecular weight is 383 g/mol. The maximum absolute atomic E-state index is 12.4. The summed E-state index contributed by atoms with van der Waals surface area (Å²) in [6, 6.07) is 4.73. The highest BCUT2D eigenvalue weighted by atomic mass is 32.2. The zero-order valence-corrected chi connectivity index (χ0v) is 16.0. The fraction of sp³-hybridized carbons (Fsp3) is 0.500. The second-order valence-corrected chi connectivity index (χ2v) is 9.71. The third-order valence-electron chi connectivity index (χ3n) is 3.56. The van der Waals surface area contributed by atoms with Crippen LogP contribution in [0.15, 0.2) is 23.1 Å². The first-order chi connectivity index (χ1) is 11.6. The zero-order chi connectivity index (χ0) is 18.2. The molecule has 9 heteroatoms. The van der Waals surface area contributed by atoms with Crippen LogP contribution in [0.4, 0.5) is 5.13 Å². The molecular weight excluding hydrogens is 362 g/mol. The summed E-state index contributed by atoms with van der Waals surface area (Å²) in [6.07, 6.45) is 1.15. The minimum Gasteiger partial charge on any atom is -0.368 e. The Hall–Kier alpha value is -1.55. The number of thiazole rings is 1. The van der Waals surface area contributed by atoms with Crippen molar-refractivity contribution >= 4 is 42.6 Å². The van der Waals surface area contributed by atoms with E-state index in [1.807, 2.05) is 0 Å². The van der Waals surface area contributed by atoms with Gasteiger partial charge < -0.3 is 4.74 Å². The maximum Gasteiger partial charge on any atom is 0.255 e. The Morgan fingerprint density at radius 3 is 2.76 bits per heavy atom. The van der Waals surface area contributed by atoms with Gasteiger partial charge in [-0.1, -0.05) is 11.3 Å². The fourth-order valence-electron chi connectivity index (χ4n) is 2.56. The Morgan fingerprint density at radius 2 is 2.12 bits per heavy atom. The molecule has 2 heterocycles. The van der Waals surface area contributed by atoms with Gasteiger partial charge in [0, 0.05) is 12.1 Å². The van der Waals surface area contributed by atoms with Gasteiger partial charge in [0.25, 0.3) is 5.91 Å². The number of rotatable bonds is 4. The second kappa shape index (κ2) is 6.64. The smallest absolute Gasteiger partial charge is 0.255 e. The summed E-state index contributed by atoms with van der Waals surface area (Å²) < 4.78 is 33.5. The Morgan fingerprint density at radius 1 is 1.36 bits per heavy atom. The van der Waals surface area contributed by atoms with E-state index in [9.17, 15) is 13.2 Å². The molecule has 136 valence electrons. The summed E-state index contributed by atoms with van der Waals surface area (Å²) in [5, 5.41) is 3.19. The molecule has 1 aliphatic rings. The molecule has 1 aliphatic heterocycles. The molecule has 3 rings (SSSR count). The van der Waals surface area contributed by atoms with Gasteiger partial charge in [0.1, 0.15) is 6.10 Å². The van der Waals surface area contributed by atoms with Crippen molar-refractivity contribution in [3.63, 3.8) is 0 Å². The largest absolute Gasteiger partial charge is 0.368 e. The van der Waals surface area contributed by atoms with Crippen molar-refractivity contribution in [2.75, 3.05) is 11.9 Å². The fourth-order valence-corrected chi connectivity index (χ4v) is 4.98. The Balaban J connectivity index is 1.83. The van der Waals surface area contributed by atoms with E-state index in [0.717, 1.165) is 6.42 Å². The molecule has 0 aliphatic carbocycles. The van der Waals surface area contributed by atoms with Crippen molar-refractivity contribution in [1.29, 1.82) is 0 Å². The lowest BCUT2D eigenvalue weighted by molar-refractivity contribution is -0.124. The first kappa shape index (κ1) is 18.2. The van der Waals surface area contributed by atoms with Crippen molar-refractivity contribution in [1.82, 2.24) is 9.71 Å². The summed E-state index contributed by atoms with van der Waals surface area (Å²) in [5.74, 6) is -0.209. The molecule has 1 amide bonds. The minimum atomic E-state index is -3.61. The van der Waals surface area contributed by atoms with Gasteiger partial charge in [0.05, 0.1) is 15.1 Å². The van der Waals surface area contributed by atoms with Gasteiger partial charge in [-0.3, -0.25) is 10.1 Å². The second-order valence-electron chi connectivity index (χ2n) is 6.99. The first-order valence-electron chi connectivity index (χ1n) is 8.01. The zero-order valence-electron chi connectivity index (χ0n) is 14.3. The number of nitrogens with one attached hydrogen (secondary N) is 2. The molecule has 0 bridgehead atoms. The predicted octanol–water partition coefficient (Wildman–Crippen LogP) is 2.49. The van der Waals surface area contributed by atoms with Gasteiger partial charge >= 0.3 is 0 Å². The number of hydrogen-bond donors (Lipinski definition) is 2. The molecule has 0 saturated carbocycles. The lowest BCUT2D eigenvalue weighted by Gasteiger charge is -2.20. The minimum absolute atomic E-state index is 0.176. The summed E-state index contributed by atoms with van der Waals surface area (Å²) in [6.45, 7) is 5.96. The summed E-state index contributed by atoms with van der Waals surface area (Å²) >= 11 is 1.24. The van der Waals surface area contributed by atoms with Crippen LogP contribution in [0.5, 0.6) is 0 Å². The van der Waals surface area contributed by atoms with E-state index < -0.39 is 21.7 Å². The number of benzene rings is 1. The highest BCUT2D eigenvalue weighted by Gasteiger charge is 2.25. The van der Waals surface area contributed by atoms with Crippen molar-refractivity contribution in [3.05, 3.63) is 18.2 Å². The number of hydrogen-bond acceptors (Lipinski definition) is 6. The van der Waals surface area contributed by atoms with Crippen LogP contribution in [0.25, 0.3) is 10.2 Å². The molecule has 2 aromatic rings. The van der Waals surface area contributed by atoms with E-state index in [1.165, 1.54) is 17.4 Å². The average Bonchev–Trinajstić information content (AvgIpc) is 3.12. The molecule has 2 N–H and O–H groups in total. The van der Waals surface area contributed by atoms with Crippen molar-refractivity contribution < 1.29 is 17.9 Å². The van der Waals surface area contributed by atoms with Crippen LogP contribution in [-0.4, -0.2) is 37.6 Å². The highest BCUT2D eigenvalue weighted by Crippen LogP contribution is 2.29. The number of fused-ring (bicyclic) bond motifs is 1. The van der Waals surface area contributed by atoms with Crippen LogP contribution in [0, 0.1) is 0 Å². The number of amides is 1. The van der Waals surface area contributed by atoms with E-state index in [0.29, 0.717) is 28.4 Å². The van der Waals surface area contributed by atoms with Crippen LogP contribution in [-0.2, 0) is 19.6 Å². The molecule has 1 unspecified atom stereocenters. The normalized spacial score (nSPS) is 18.6. The molecule has 1 saturated heterocycles. The number of sulfonamides is 1. The lowest BCUT2D eigenvalue weighted by atomic mass is 10.1. The predicted molar refractivity (Wildman–Crippen MR) is 97.3 cm³/mol. The number of nitrogens with zero attached hydrogens (tertiary/aromatic N) is 1. The van der Waals surface area contributed by atoms with Crippen LogP contribution >= 0.6 is 11.3 Å². The van der Waals surface area contributed by atoms with Crippen LogP contribution in [0.1, 0.15) is 33.6 Å². The topological polar surface area (TPSA) is 97.4 Å². The van der Waals surface area contributed by atoms with E-state index in [1.54, 1.807) is 32.9 Å². The molecule has 1 aromatic heterocycles. The molecule has 1 fully saturated rings. The summed E-state index contributed by atoms with van der Waals surface area (Å²) in [5.41, 5.74) is 0.0735. The third-order valence-corrected chi connectivity index (χ3v) is 6.25. The molecule has 1 atom stereocenters. The van der Waals surface area contributed by atoms with Crippen LogP contribution in [0.3, 0.4) is 0 Å². The molecule has 0 radical (unpaired) electrons. The molecule has 0 spiro atoms. The van der Waals surface area contributed by atoms with E-state index >= 15 is 0 Å². The van der Waals surface area contributed by atoms with Crippen molar-refractivity contribution in [2.24, 2.45) is 0 Å². The molecule has 1 aromatic carbocycles. The van der Waals surface area contributed by atoms with Crippen LogP contribution < -0.4 is 10.0 Å². The molecule has 7 nitrogen and oxygen atoms in total. The van der Waals surface area contributed by atoms with Gasteiger partial charge in [-0.05, 0) is 51.8 Å². The van der Waals surface area contributed by atoms with Gasteiger partial charge in [-0.15, -0.1) is 0 Å². The van der Waals surface area contributed by atoms with E-state index in [2.05, 4.69) is 15.0 Å². The number of carbonyl (C=O) groups is 1. The highest BCUT2D eigenvalue weighted by molar-refractivity contribution is 7.89. The van der Waals surface area contributed by atoms with Crippen molar-refractivity contribution in [3.8, 4) is 0 Å². The maximum atomic E-state index is 12.4. The third kappa shape index (κ3) is 4.35. The molecular formula is C16H21N3O4S2. The van der Waals surface area contributed by atoms with Gasteiger partial charge in [-0.25, -0.2) is 18.1 Å². The first-order valence-corrected chi connectivity index (χ1v) is 10.3. The number of carbonyl (C=O) groups excluding carboxylic acids is 1. The quantitative estimate of drug-likeness (QED) is 0.845. The number of anilines is 1. The van der Waals surface area contributed by atoms with Gasteiger partial charge in [0.15, 0.2) is 5.13 Å². The summed E-state index contributed by atoms with van der Waals surface area (Å²) in [7, 11) is -3.61. The lowest BCUT2D eigenvalue weighted by Crippen LogP contribution is -2.40. The Labute approximate surface area is 150 Å². The van der Waals surface area contributed by atoms with E-state index in [4.69, 9.17) is 4.74 Å². The van der Waals surface area contributed by atoms with Gasteiger partial charge in [-0.2, -0.15) is 0 Å². The van der Waals surface area contributed by atoms with Crippen molar-refractivity contribution in [2.45, 2.75) is 50.2 Å². The monoisotopic (exact) mass is 383 g/mol. The standard InChI is InChI=1S/C16H21N3O4S2/c1-16(2,3)19-25(21,22)10-6-7-11-13(9-10)24-15(17-11)18-14(20)12-5-4-8-23-12/h6-7,9,12,19H,4-5,8H2,1-3H3,(H,17,18,20). The molecule has 25 heavy (non-hydrogen) atoms.